The lowest BCUT2D eigenvalue weighted by Crippen LogP contribution is -2.42. The van der Waals surface area contributed by atoms with Crippen LogP contribution in [0.3, 0.4) is 0 Å². The Labute approximate surface area is 297 Å². The molecule has 4 aromatic carbocycles. The number of hydrogen-bond acceptors (Lipinski definition) is 9. The number of aromatic nitrogens is 6. The Kier molecular flexibility index (Phi) is 8.18. The monoisotopic (exact) mass is 704 g/mol. The van der Waals surface area contributed by atoms with Gasteiger partial charge in [-0.05, 0) is 92.3 Å². The topological polar surface area (TPSA) is 125 Å². The van der Waals surface area contributed by atoms with Crippen molar-refractivity contribution in [3.05, 3.63) is 90.3 Å². The van der Waals surface area contributed by atoms with Gasteiger partial charge in [-0.3, -0.25) is 14.2 Å². The van der Waals surface area contributed by atoms with E-state index >= 15 is 0 Å². The molecule has 0 bridgehead atoms. The van der Waals surface area contributed by atoms with Gasteiger partial charge < -0.3 is 9.84 Å². The highest BCUT2D eigenvalue weighted by atomic mass is 32.2. The first-order chi connectivity index (χ1) is 24.2. The number of thioether (sulfide) groups is 2. The lowest BCUT2D eigenvalue weighted by Gasteiger charge is -2.36. The summed E-state index contributed by atoms with van der Waals surface area (Å²) >= 11 is 2.42. The fraction of sp³-hybridized carbons (Fsp3) is 0.316. The number of benzene rings is 4. The summed E-state index contributed by atoms with van der Waals surface area (Å²) in [6.07, 6.45) is 6.75. The van der Waals surface area contributed by atoms with E-state index in [1.165, 1.54) is 34.7 Å². The van der Waals surface area contributed by atoms with Gasteiger partial charge in [0.2, 0.25) is 0 Å². The number of esters is 1. The van der Waals surface area contributed by atoms with Crippen molar-refractivity contribution in [1.29, 1.82) is 0 Å². The molecule has 8 rings (SSSR count). The van der Waals surface area contributed by atoms with Crippen LogP contribution in [0.1, 0.15) is 69.9 Å². The SMILES string of the molecule is CCc1ccc(-n2cnnc2SC(C)(C)C(=O)Oc2nnc(SC3(C(=O)O)CCC3)n2-c2ccc(C3CC3)c3ccccc23)c2ccccc12. The molecule has 0 radical (unpaired) electrons. The summed E-state index contributed by atoms with van der Waals surface area (Å²) in [4.78, 5) is 26.5. The minimum Gasteiger partial charge on any atom is -0.480 e. The fourth-order valence-electron chi connectivity index (χ4n) is 6.68. The standard InChI is InChI=1S/C38H36N6O4S2/c1-4-23-16-18-30(28-12-7-5-10-25(23)28)43-22-39-41-35(43)49-37(2,3)33(47)48-34-40-42-36(50-38(32(45)46)20-9-21-38)44(34)31-19-17-26(24-14-15-24)27-11-6-8-13-29(27)31/h5-8,10-13,16-19,22,24H,4,9,14-15,20-21H2,1-3H3,(H,45,46). The van der Waals surface area contributed by atoms with E-state index in [9.17, 15) is 14.7 Å². The highest BCUT2D eigenvalue weighted by molar-refractivity contribution is 8.01. The van der Waals surface area contributed by atoms with E-state index in [2.05, 4.69) is 63.7 Å². The molecule has 12 heteroatoms. The Morgan fingerprint density at radius 3 is 2.22 bits per heavy atom. The third-order valence-corrected chi connectivity index (χ3v) is 12.4. The van der Waals surface area contributed by atoms with Crippen molar-refractivity contribution < 1.29 is 19.4 Å². The smallest absolute Gasteiger partial charge is 0.330 e. The molecular weight excluding hydrogens is 669 g/mol. The predicted molar refractivity (Wildman–Crippen MR) is 195 cm³/mol. The number of carboxylic acids is 1. The van der Waals surface area contributed by atoms with E-state index in [0.29, 0.717) is 29.1 Å². The highest BCUT2D eigenvalue weighted by Gasteiger charge is 2.47. The summed E-state index contributed by atoms with van der Waals surface area (Å²) in [5.74, 6) is -0.910. The maximum Gasteiger partial charge on any atom is 0.330 e. The average Bonchev–Trinajstić information content (AvgIpc) is 3.73. The highest BCUT2D eigenvalue weighted by Crippen LogP contribution is 2.49. The van der Waals surface area contributed by atoms with Crippen molar-refractivity contribution in [1.82, 2.24) is 29.5 Å². The number of ether oxygens (including phenoxy) is 1. The van der Waals surface area contributed by atoms with Crippen LogP contribution >= 0.6 is 23.5 Å². The summed E-state index contributed by atoms with van der Waals surface area (Å²) < 4.78 is 7.59. The number of aliphatic carboxylic acids is 1. The molecule has 0 amide bonds. The molecule has 1 N–H and O–H groups in total. The summed E-state index contributed by atoms with van der Waals surface area (Å²) in [6.45, 7) is 5.70. The molecule has 0 unspecified atom stereocenters. The molecule has 2 heterocycles. The van der Waals surface area contributed by atoms with E-state index in [4.69, 9.17) is 4.74 Å². The molecule has 6 aromatic rings. The maximum absolute atomic E-state index is 14.1. The number of aryl methyl sites for hydroxylation is 1. The van der Waals surface area contributed by atoms with E-state index < -0.39 is 21.4 Å². The normalized spacial score (nSPS) is 15.7. The van der Waals surface area contributed by atoms with Crippen LogP contribution in [0.2, 0.25) is 0 Å². The lowest BCUT2D eigenvalue weighted by atomic mass is 9.84. The molecule has 0 saturated heterocycles. The first kappa shape index (κ1) is 32.5. The zero-order valence-corrected chi connectivity index (χ0v) is 29.6. The quantitative estimate of drug-likeness (QED) is 0.104. The predicted octanol–water partition coefficient (Wildman–Crippen LogP) is 8.17. The number of rotatable bonds is 11. The Hall–Kier alpha value is -4.68. The summed E-state index contributed by atoms with van der Waals surface area (Å²) in [5.41, 5.74) is 4.18. The average molecular weight is 705 g/mol. The van der Waals surface area contributed by atoms with Gasteiger partial charge in [-0.15, -0.1) is 15.3 Å². The Balaban J connectivity index is 1.15. The van der Waals surface area contributed by atoms with E-state index in [-0.39, 0.29) is 6.01 Å². The molecular formula is C38H36N6O4S2. The van der Waals surface area contributed by atoms with Gasteiger partial charge in [-0.1, -0.05) is 96.2 Å². The van der Waals surface area contributed by atoms with Crippen molar-refractivity contribution in [2.45, 2.75) is 85.0 Å². The molecule has 0 atom stereocenters. The van der Waals surface area contributed by atoms with Gasteiger partial charge in [-0.2, -0.15) is 0 Å². The Morgan fingerprint density at radius 2 is 1.56 bits per heavy atom. The van der Waals surface area contributed by atoms with Gasteiger partial charge in [0.1, 0.15) is 15.8 Å². The van der Waals surface area contributed by atoms with Gasteiger partial charge in [0.05, 0.1) is 11.4 Å². The molecule has 2 aliphatic carbocycles. The molecule has 2 aliphatic rings. The largest absolute Gasteiger partial charge is 0.480 e. The van der Waals surface area contributed by atoms with Crippen molar-refractivity contribution in [3.63, 3.8) is 0 Å². The van der Waals surface area contributed by atoms with Crippen LogP contribution in [-0.4, -0.2) is 56.1 Å². The summed E-state index contributed by atoms with van der Waals surface area (Å²) in [5, 5.41) is 32.8. The van der Waals surface area contributed by atoms with Crippen LogP contribution in [0.25, 0.3) is 32.9 Å². The van der Waals surface area contributed by atoms with Crippen molar-refractivity contribution in [3.8, 4) is 17.4 Å². The minimum absolute atomic E-state index is 0.0158. The number of carbonyl (C=O) groups excluding carboxylic acids is 1. The Bertz CT molecular complexity index is 2290. The van der Waals surface area contributed by atoms with Crippen LogP contribution in [0, 0.1) is 0 Å². The molecule has 0 spiro atoms. The third kappa shape index (κ3) is 5.64. The third-order valence-electron chi connectivity index (χ3n) is 9.80. The van der Waals surface area contributed by atoms with Crippen molar-refractivity contribution in [2.24, 2.45) is 0 Å². The number of carbonyl (C=O) groups is 2. The molecule has 254 valence electrons. The number of nitrogens with zero attached hydrogens (tertiary/aromatic N) is 6. The van der Waals surface area contributed by atoms with E-state index in [1.54, 1.807) is 24.7 Å². The summed E-state index contributed by atoms with van der Waals surface area (Å²) in [6, 6.07) is 24.7. The van der Waals surface area contributed by atoms with E-state index in [0.717, 1.165) is 58.6 Å². The molecule has 2 saturated carbocycles. The molecule has 50 heavy (non-hydrogen) atoms. The van der Waals surface area contributed by atoms with Crippen LogP contribution in [-0.2, 0) is 16.0 Å². The van der Waals surface area contributed by atoms with Crippen molar-refractivity contribution >= 4 is 57.0 Å². The zero-order valence-electron chi connectivity index (χ0n) is 28.0. The second kappa shape index (κ2) is 12.6. The molecule has 2 aromatic heterocycles. The van der Waals surface area contributed by atoms with Gasteiger partial charge >= 0.3 is 17.9 Å². The maximum atomic E-state index is 14.1. The second-order valence-corrected chi connectivity index (χ2v) is 16.4. The first-order valence-electron chi connectivity index (χ1n) is 16.9. The number of carboxylic acid groups (broad SMARTS) is 1. The Morgan fingerprint density at radius 1 is 0.880 bits per heavy atom. The van der Waals surface area contributed by atoms with E-state index in [1.807, 2.05) is 41.0 Å². The minimum atomic E-state index is -1.12. The van der Waals surface area contributed by atoms with Gasteiger partial charge in [0.15, 0.2) is 10.3 Å². The van der Waals surface area contributed by atoms with Crippen LogP contribution in [0.4, 0.5) is 0 Å². The number of fused-ring (bicyclic) bond motifs is 2. The van der Waals surface area contributed by atoms with Gasteiger partial charge in [0, 0.05) is 10.8 Å². The zero-order chi connectivity index (χ0) is 34.6. The van der Waals surface area contributed by atoms with Gasteiger partial charge in [-0.25, -0.2) is 4.57 Å². The van der Waals surface area contributed by atoms with Crippen LogP contribution in [0.15, 0.2) is 89.4 Å². The lowest BCUT2D eigenvalue weighted by molar-refractivity contribution is -0.142. The second-order valence-electron chi connectivity index (χ2n) is 13.5. The summed E-state index contributed by atoms with van der Waals surface area (Å²) in [7, 11) is 0. The van der Waals surface area contributed by atoms with Crippen LogP contribution < -0.4 is 4.74 Å². The fourth-order valence-corrected chi connectivity index (χ4v) is 8.87. The van der Waals surface area contributed by atoms with Crippen LogP contribution in [0.5, 0.6) is 6.01 Å². The first-order valence-corrected chi connectivity index (χ1v) is 18.5. The molecule has 10 nitrogen and oxygen atoms in total. The number of hydrogen-bond donors (Lipinski definition) is 1. The van der Waals surface area contributed by atoms with Gasteiger partial charge in [0.25, 0.3) is 0 Å². The molecule has 2 fully saturated rings. The molecule has 0 aliphatic heterocycles. The van der Waals surface area contributed by atoms with Crippen molar-refractivity contribution in [2.75, 3.05) is 0 Å².